The Labute approximate surface area is 248 Å². The Balaban J connectivity index is 2.09. The zero-order valence-corrected chi connectivity index (χ0v) is 26.0. The smallest absolute Gasteiger partial charge is 0.414 e. The molecule has 0 atom stereocenters. The summed E-state index contributed by atoms with van der Waals surface area (Å²) in [5.74, 6) is -1.50. The van der Waals surface area contributed by atoms with Gasteiger partial charge in [0.2, 0.25) is 5.96 Å². The number of thiazole rings is 1. The first-order valence-corrected chi connectivity index (χ1v) is 15.0. The van der Waals surface area contributed by atoms with Crippen molar-refractivity contribution in [1.29, 1.82) is 0 Å². The number of hydrogen-bond acceptors (Lipinski definition) is 12. The van der Waals surface area contributed by atoms with Crippen molar-refractivity contribution in [2.45, 2.75) is 71.0 Å². The summed E-state index contributed by atoms with van der Waals surface area (Å²) in [7, 11) is -4.07. The first-order chi connectivity index (χ1) is 19.4. The lowest BCUT2D eigenvalue weighted by Gasteiger charge is -2.22. The van der Waals surface area contributed by atoms with Crippen LogP contribution in [0.5, 0.6) is 0 Å². The predicted octanol–water partition coefficient (Wildman–Crippen LogP) is 3.64. The number of benzene rings is 1. The molecule has 2 rings (SSSR count). The van der Waals surface area contributed by atoms with Crippen molar-refractivity contribution < 1.29 is 41.8 Å². The average Bonchev–Trinajstić information content (AvgIpc) is 3.28. The number of ether oxygens (including phenoxy) is 3. The molecular formula is C26H35N5O9S2. The Morgan fingerprint density at radius 2 is 1.48 bits per heavy atom. The number of rotatable bonds is 9. The Morgan fingerprint density at radius 3 is 1.98 bits per heavy atom. The van der Waals surface area contributed by atoms with Crippen molar-refractivity contribution in [3.8, 4) is 0 Å². The number of guanidine groups is 1. The Hall–Kier alpha value is -4.05. The van der Waals surface area contributed by atoms with E-state index in [4.69, 9.17) is 14.2 Å². The van der Waals surface area contributed by atoms with Crippen LogP contribution in [0.15, 0.2) is 39.7 Å². The van der Waals surface area contributed by atoms with E-state index in [9.17, 15) is 27.6 Å². The van der Waals surface area contributed by atoms with Gasteiger partial charge in [-0.05, 0) is 66.2 Å². The van der Waals surface area contributed by atoms with Crippen LogP contribution >= 0.6 is 11.3 Å². The molecule has 42 heavy (non-hydrogen) atoms. The van der Waals surface area contributed by atoms with E-state index in [2.05, 4.69) is 25.3 Å². The third-order valence-electron chi connectivity index (χ3n) is 4.55. The summed E-state index contributed by atoms with van der Waals surface area (Å²) in [5, 5.41) is 4.59. The highest BCUT2D eigenvalue weighted by molar-refractivity contribution is 7.93. The topological polar surface area (TPSA) is 191 Å². The molecule has 0 saturated carbocycles. The van der Waals surface area contributed by atoms with E-state index in [0.29, 0.717) is 5.56 Å². The fourth-order valence-corrected chi connectivity index (χ4v) is 4.98. The molecule has 0 unspecified atom stereocenters. The molecular weight excluding hydrogens is 590 g/mol. The highest BCUT2D eigenvalue weighted by atomic mass is 32.2. The number of aromatic nitrogens is 1. The van der Waals surface area contributed by atoms with E-state index in [1.165, 1.54) is 29.8 Å². The Bertz CT molecular complexity index is 1390. The number of nitrogens with zero attached hydrogens (tertiary/aromatic N) is 2. The normalized spacial score (nSPS) is 11.6. The monoisotopic (exact) mass is 625 g/mol. The highest BCUT2D eigenvalue weighted by Crippen LogP contribution is 2.25. The second-order valence-corrected chi connectivity index (χ2v) is 13.2. The molecule has 0 aliphatic rings. The lowest BCUT2D eigenvalue weighted by atomic mass is 10.1. The molecule has 0 radical (unpaired) electrons. The van der Waals surface area contributed by atoms with Crippen LogP contribution in [0.2, 0.25) is 0 Å². The zero-order valence-electron chi connectivity index (χ0n) is 24.4. The quantitative estimate of drug-likeness (QED) is 0.160. The van der Waals surface area contributed by atoms with Crippen molar-refractivity contribution >= 4 is 56.3 Å². The van der Waals surface area contributed by atoms with E-state index in [0.717, 1.165) is 11.3 Å². The van der Waals surface area contributed by atoms with Crippen LogP contribution in [0.3, 0.4) is 0 Å². The first kappa shape index (κ1) is 34.2. The van der Waals surface area contributed by atoms with Crippen LogP contribution in [-0.4, -0.2) is 67.7 Å². The van der Waals surface area contributed by atoms with Crippen LogP contribution in [-0.2, 0) is 35.4 Å². The van der Waals surface area contributed by atoms with E-state index in [1.807, 2.05) is 0 Å². The molecule has 0 fully saturated rings. The summed E-state index contributed by atoms with van der Waals surface area (Å²) in [6.45, 7) is 11.2. The SMILES string of the molecule is CCOC(=O)c1ncsc1NS(=O)(=O)c1ccc(CC(=O)CN=C(NC(=O)OC(C)(C)C)NC(=O)OC(C)(C)C)cc1. The van der Waals surface area contributed by atoms with Gasteiger partial charge in [-0.3, -0.25) is 20.2 Å². The van der Waals surface area contributed by atoms with Gasteiger partial charge in [0.25, 0.3) is 10.0 Å². The van der Waals surface area contributed by atoms with Crippen LogP contribution in [0.25, 0.3) is 0 Å². The molecule has 1 heterocycles. The summed E-state index contributed by atoms with van der Waals surface area (Å²) in [4.78, 5) is 56.7. The zero-order chi connectivity index (χ0) is 31.7. The number of aliphatic imine (C=N–C) groups is 1. The molecule has 0 saturated heterocycles. The van der Waals surface area contributed by atoms with Crippen molar-refractivity contribution in [1.82, 2.24) is 15.6 Å². The average molecular weight is 626 g/mol. The number of esters is 1. The minimum Gasteiger partial charge on any atom is -0.461 e. The van der Waals surface area contributed by atoms with Gasteiger partial charge >= 0.3 is 18.2 Å². The lowest BCUT2D eigenvalue weighted by molar-refractivity contribution is -0.117. The third-order valence-corrected chi connectivity index (χ3v) is 6.79. The number of ketones is 1. The van der Waals surface area contributed by atoms with Crippen molar-refractivity contribution in [2.24, 2.45) is 4.99 Å². The van der Waals surface area contributed by atoms with Crippen molar-refractivity contribution in [3.05, 3.63) is 41.0 Å². The van der Waals surface area contributed by atoms with Crippen LogP contribution in [0.1, 0.15) is 64.5 Å². The van der Waals surface area contributed by atoms with Gasteiger partial charge in [0.05, 0.1) is 17.0 Å². The third kappa shape index (κ3) is 11.8. The molecule has 1 aromatic heterocycles. The Morgan fingerprint density at radius 1 is 0.929 bits per heavy atom. The number of nitrogens with one attached hydrogen (secondary N) is 3. The summed E-state index contributed by atoms with van der Waals surface area (Å²) in [5.41, 5.74) is 0.0146. The number of carbonyl (C=O) groups is 4. The second-order valence-electron chi connectivity index (χ2n) is 10.6. The van der Waals surface area contributed by atoms with Gasteiger partial charge in [0, 0.05) is 6.42 Å². The maximum Gasteiger partial charge on any atom is 0.414 e. The predicted molar refractivity (Wildman–Crippen MR) is 155 cm³/mol. The number of alkyl carbamates (subject to hydrolysis) is 2. The summed E-state index contributed by atoms with van der Waals surface area (Å²) >= 11 is 0.929. The largest absolute Gasteiger partial charge is 0.461 e. The molecule has 230 valence electrons. The minimum absolute atomic E-state index is 0.0151. The minimum atomic E-state index is -4.07. The molecule has 1 aromatic carbocycles. The molecule has 0 aliphatic carbocycles. The molecule has 0 spiro atoms. The van der Waals surface area contributed by atoms with Gasteiger partial charge in [-0.2, -0.15) is 0 Å². The summed E-state index contributed by atoms with van der Waals surface area (Å²) in [6, 6.07) is 5.51. The summed E-state index contributed by atoms with van der Waals surface area (Å²) < 4.78 is 43.2. The van der Waals surface area contributed by atoms with E-state index < -0.39 is 51.7 Å². The molecule has 0 aliphatic heterocycles. The molecule has 0 bridgehead atoms. The molecule has 3 N–H and O–H groups in total. The fourth-order valence-electron chi connectivity index (χ4n) is 2.99. The van der Waals surface area contributed by atoms with Gasteiger partial charge in [-0.1, -0.05) is 12.1 Å². The van der Waals surface area contributed by atoms with Gasteiger partial charge in [0.15, 0.2) is 11.5 Å². The number of Topliss-reactive ketones (excluding diaryl/α,β-unsaturated/α-hetero) is 1. The van der Waals surface area contributed by atoms with Crippen molar-refractivity contribution in [3.63, 3.8) is 0 Å². The van der Waals surface area contributed by atoms with E-state index >= 15 is 0 Å². The van der Waals surface area contributed by atoms with Crippen molar-refractivity contribution in [2.75, 3.05) is 17.9 Å². The Kier molecular flexibility index (Phi) is 11.6. The standard InChI is InChI=1S/C26H35N5O9S2/c1-8-38-21(33)19-20(41-15-28-19)31-42(36,37)18-11-9-16(10-12-18)13-17(32)14-27-22(29-23(34)39-25(2,3)4)30-24(35)40-26(5,6)7/h9-12,15,31H,8,13-14H2,1-7H3,(H2,27,29,30,34,35). The number of amides is 2. The van der Waals surface area contributed by atoms with Gasteiger partial charge < -0.3 is 14.2 Å². The van der Waals surface area contributed by atoms with Crippen LogP contribution < -0.4 is 15.4 Å². The van der Waals surface area contributed by atoms with Gasteiger partial charge in [0.1, 0.15) is 22.7 Å². The van der Waals surface area contributed by atoms with E-state index in [1.54, 1.807) is 48.5 Å². The number of carbonyl (C=O) groups excluding carboxylic acids is 4. The second kappa shape index (κ2) is 14.2. The maximum atomic E-state index is 12.8. The molecule has 14 nitrogen and oxygen atoms in total. The number of hydrogen-bond donors (Lipinski definition) is 3. The highest BCUT2D eigenvalue weighted by Gasteiger charge is 2.23. The van der Waals surface area contributed by atoms with Gasteiger partial charge in [-0.25, -0.2) is 32.8 Å². The fraction of sp³-hybridized carbons (Fsp3) is 0.462. The summed E-state index contributed by atoms with van der Waals surface area (Å²) in [6.07, 6.45) is -1.92. The van der Waals surface area contributed by atoms with Gasteiger partial charge in [-0.15, -0.1) is 11.3 Å². The lowest BCUT2D eigenvalue weighted by Crippen LogP contribution is -2.47. The molecule has 2 aromatic rings. The number of sulfonamides is 1. The van der Waals surface area contributed by atoms with Crippen LogP contribution in [0, 0.1) is 0 Å². The molecule has 2 amide bonds. The molecule has 16 heteroatoms. The van der Waals surface area contributed by atoms with E-state index in [-0.39, 0.29) is 34.6 Å². The maximum absolute atomic E-state index is 12.8. The van der Waals surface area contributed by atoms with Crippen LogP contribution in [0.4, 0.5) is 14.6 Å². The first-order valence-electron chi connectivity index (χ1n) is 12.7. The number of anilines is 1.